The number of nitrogens with zero attached hydrogens (tertiary/aromatic N) is 1. The van der Waals surface area contributed by atoms with Crippen molar-refractivity contribution in [1.29, 1.82) is 0 Å². The van der Waals surface area contributed by atoms with Gasteiger partial charge in [0, 0.05) is 30.5 Å². The summed E-state index contributed by atoms with van der Waals surface area (Å²) in [7, 11) is 0. The van der Waals surface area contributed by atoms with Gasteiger partial charge in [-0.15, -0.1) is 0 Å². The highest BCUT2D eigenvalue weighted by Crippen LogP contribution is 2.26. The van der Waals surface area contributed by atoms with Gasteiger partial charge in [-0.1, -0.05) is 18.2 Å². The van der Waals surface area contributed by atoms with E-state index >= 15 is 0 Å². The molecule has 0 saturated carbocycles. The third-order valence-corrected chi connectivity index (χ3v) is 3.08. The Morgan fingerprint density at radius 3 is 2.94 bits per heavy atom. The zero-order valence-corrected chi connectivity index (χ0v) is 8.86. The fourth-order valence-corrected chi connectivity index (χ4v) is 2.31. The van der Waals surface area contributed by atoms with Crippen LogP contribution in [-0.4, -0.2) is 11.1 Å². The van der Waals surface area contributed by atoms with Crippen LogP contribution >= 0.6 is 0 Å². The molecule has 0 unspecified atom stereocenters. The van der Waals surface area contributed by atoms with Gasteiger partial charge in [-0.25, -0.2) is 4.39 Å². The Balaban J connectivity index is 2.08. The molecule has 0 spiro atoms. The minimum Gasteiger partial charge on any atom is -0.348 e. The second kappa shape index (κ2) is 3.76. The molecule has 1 aliphatic rings. The quantitative estimate of drug-likeness (QED) is 0.774. The number of fused-ring (bicyclic) bond motifs is 1. The first-order chi connectivity index (χ1) is 7.86. The Labute approximate surface area is 93.7 Å². The molecule has 0 aliphatic carbocycles. The summed E-state index contributed by atoms with van der Waals surface area (Å²) in [4.78, 5) is 0. The molecule has 0 saturated heterocycles. The van der Waals surface area contributed by atoms with Gasteiger partial charge in [-0.2, -0.15) is 0 Å². The summed E-state index contributed by atoms with van der Waals surface area (Å²) in [6.07, 6.45) is 2.05. The van der Waals surface area contributed by atoms with Crippen LogP contribution in [0.5, 0.6) is 0 Å². The Bertz CT molecular complexity index is 504. The SMILES string of the molecule is Fc1ccccc1[C@H]1NCCn2cccc21. The highest BCUT2D eigenvalue weighted by Gasteiger charge is 2.22. The first-order valence-corrected chi connectivity index (χ1v) is 5.49. The highest BCUT2D eigenvalue weighted by molar-refractivity contribution is 5.30. The molecule has 0 bridgehead atoms. The minimum absolute atomic E-state index is 0.0232. The maximum atomic E-state index is 13.7. The van der Waals surface area contributed by atoms with Crippen molar-refractivity contribution in [1.82, 2.24) is 9.88 Å². The van der Waals surface area contributed by atoms with Crippen molar-refractivity contribution in [3.05, 3.63) is 59.7 Å². The normalized spacial score (nSPS) is 19.4. The molecule has 3 heteroatoms. The van der Waals surface area contributed by atoms with Crippen molar-refractivity contribution in [2.75, 3.05) is 6.54 Å². The van der Waals surface area contributed by atoms with E-state index in [4.69, 9.17) is 0 Å². The van der Waals surface area contributed by atoms with Gasteiger partial charge in [0.15, 0.2) is 0 Å². The second-order valence-corrected chi connectivity index (χ2v) is 4.04. The maximum Gasteiger partial charge on any atom is 0.128 e. The third kappa shape index (κ3) is 1.44. The van der Waals surface area contributed by atoms with E-state index in [1.165, 1.54) is 6.07 Å². The lowest BCUT2D eigenvalue weighted by atomic mass is 10.0. The maximum absolute atomic E-state index is 13.7. The molecular weight excluding hydrogens is 203 g/mol. The fourth-order valence-electron chi connectivity index (χ4n) is 2.31. The topological polar surface area (TPSA) is 17.0 Å². The van der Waals surface area contributed by atoms with Gasteiger partial charge in [0.1, 0.15) is 5.82 Å². The molecular formula is C13H13FN2. The number of hydrogen-bond acceptors (Lipinski definition) is 1. The van der Waals surface area contributed by atoms with Crippen LogP contribution in [-0.2, 0) is 6.54 Å². The fraction of sp³-hybridized carbons (Fsp3) is 0.231. The Morgan fingerprint density at radius 2 is 2.06 bits per heavy atom. The van der Waals surface area contributed by atoms with Crippen molar-refractivity contribution >= 4 is 0 Å². The number of rotatable bonds is 1. The van der Waals surface area contributed by atoms with Crippen LogP contribution in [0, 0.1) is 5.82 Å². The third-order valence-electron chi connectivity index (χ3n) is 3.08. The molecule has 0 amide bonds. The van der Waals surface area contributed by atoms with Crippen LogP contribution in [0.4, 0.5) is 4.39 Å². The predicted octanol–water partition coefficient (Wildman–Crippen LogP) is 2.32. The van der Waals surface area contributed by atoms with Crippen LogP contribution in [0.25, 0.3) is 0 Å². The van der Waals surface area contributed by atoms with Crippen molar-refractivity contribution in [3.63, 3.8) is 0 Å². The zero-order valence-electron chi connectivity index (χ0n) is 8.86. The molecule has 82 valence electrons. The molecule has 1 aliphatic heterocycles. The van der Waals surface area contributed by atoms with E-state index in [0.717, 1.165) is 24.3 Å². The number of nitrogens with one attached hydrogen (secondary N) is 1. The summed E-state index contributed by atoms with van der Waals surface area (Å²) in [6, 6.07) is 11.0. The van der Waals surface area contributed by atoms with E-state index in [0.29, 0.717) is 0 Å². The summed E-state index contributed by atoms with van der Waals surface area (Å²) < 4.78 is 15.9. The molecule has 16 heavy (non-hydrogen) atoms. The molecule has 2 nitrogen and oxygen atoms in total. The first-order valence-electron chi connectivity index (χ1n) is 5.49. The lowest BCUT2D eigenvalue weighted by molar-refractivity contribution is 0.453. The first kappa shape index (κ1) is 9.60. The molecule has 0 radical (unpaired) electrons. The van der Waals surface area contributed by atoms with Gasteiger partial charge < -0.3 is 9.88 Å². The molecule has 1 aromatic heterocycles. The standard InChI is InChI=1S/C13H13FN2/c14-11-5-2-1-4-10(11)13-12-6-3-8-16(12)9-7-15-13/h1-6,8,13,15H,7,9H2/t13-/m1/s1. The summed E-state index contributed by atoms with van der Waals surface area (Å²) in [5.41, 5.74) is 1.86. The van der Waals surface area contributed by atoms with Crippen LogP contribution in [0.15, 0.2) is 42.6 Å². The van der Waals surface area contributed by atoms with Gasteiger partial charge in [-0.3, -0.25) is 0 Å². The molecule has 1 N–H and O–H groups in total. The molecule has 3 rings (SSSR count). The zero-order chi connectivity index (χ0) is 11.0. The lowest BCUT2D eigenvalue weighted by Crippen LogP contribution is -2.33. The van der Waals surface area contributed by atoms with Crippen molar-refractivity contribution in [2.45, 2.75) is 12.6 Å². The van der Waals surface area contributed by atoms with E-state index in [9.17, 15) is 4.39 Å². The smallest absolute Gasteiger partial charge is 0.128 e. The van der Waals surface area contributed by atoms with Crippen LogP contribution in [0.3, 0.4) is 0 Å². The van der Waals surface area contributed by atoms with Crippen LogP contribution in [0.2, 0.25) is 0 Å². The van der Waals surface area contributed by atoms with Gasteiger partial charge in [0.25, 0.3) is 0 Å². The number of aromatic nitrogens is 1. The molecule has 2 aromatic rings. The highest BCUT2D eigenvalue weighted by atomic mass is 19.1. The van der Waals surface area contributed by atoms with Crippen LogP contribution < -0.4 is 5.32 Å². The number of hydrogen-bond donors (Lipinski definition) is 1. The predicted molar refractivity (Wildman–Crippen MR) is 60.7 cm³/mol. The second-order valence-electron chi connectivity index (χ2n) is 4.04. The van der Waals surface area contributed by atoms with Gasteiger partial charge in [0.2, 0.25) is 0 Å². The Kier molecular flexibility index (Phi) is 2.26. The molecule has 2 heterocycles. The van der Waals surface area contributed by atoms with E-state index in [1.807, 2.05) is 30.5 Å². The minimum atomic E-state index is -0.144. The Morgan fingerprint density at radius 1 is 1.19 bits per heavy atom. The van der Waals surface area contributed by atoms with Crippen LogP contribution in [0.1, 0.15) is 17.3 Å². The average Bonchev–Trinajstić information content (AvgIpc) is 2.77. The summed E-state index contributed by atoms with van der Waals surface area (Å²) >= 11 is 0. The lowest BCUT2D eigenvalue weighted by Gasteiger charge is -2.27. The average molecular weight is 216 g/mol. The van der Waals surface area contributed by atoms with Gasteiger partial charge >= 0.3 is 0 Å². The van der Waals surface area contributed by atoms with Gasteiger partial charge in [0.05, 0.1) is 6.04 Å². The molecule has 0 fully saturated rings. The van der Waals surface area contributed by atoms with Crippen molar-refractivity contribution < 1.29 is 4.39 Å². The summed E-state index contributed by atoms with van der Waals surface area (Å²) in [6.45, 7) is 1.83. The summed E-state index contributed by atoms with van der Waals surface area (Å²) in [5.74, 6) is -0.144. The monoisotopic (exact) mass is 216 g/mol. The molecule has 1 aromatic carbocycles. The largest absolute Gasteiger partial charge is 0.348 e. The van der Waals surface area contributed by atoms with Gasteiger partial charge in [-0.05, 0) is 18.2 Å². The van der Waals surface area contributed by atoms with E-state index < -0.39 is 0 Å². The van der Waals surface area contributed by atoms with E-state index in [1.54, 1.807) is 6.07 Å². The van der Waals surface area contributed by atoms with E-state index in [-0.39, 0.29) is 11.9 Å². The number of halogens is 1. The number of benzene rings is 1. The molecule has 1 atom stereocenters. The Hall–Kier alpha value is -1.61. The van der Waals surface area contributed by atoms with Crippen molar-refractivity contribution in [2.24, 2.45) is 0 Å². The van der Waals surface area contributed by atoms with Crippen molar-refractivity contribution in [3.8, 4) is 0 Å². The van der Waals surface area contributed by atoms with E-state index in [2.05, 4.69) is 9.88 Å². The summed E-state index contributed by atoms with van der Waals surface area (Å²) in [5, 5.41) is 3.36.